The van der Waals surface area contributed by atoms with Crippen LogP contribution in [-0.4, -0.2) is 24.5 Å². The van der Waals surface area contributed by atoms with E-state index >= 15 is 0 Å². The zero-order chi connectivity index (χ0) is 15.9. The van der Waals surface area contributed by atoms with Gasteiger partial charge in [0.05, 0.1) is 4.90 Å². The van der Waals surface area contributed by atoms with Crippen LogP contribution in [0.4, 0.5) is 0 Å². The van der Waals surface area contributed by atoms with Gasteiger partial charge in [-0.1, -0.05) is 6.07 Å². The van der Waals surface area contributed by atoms with E-state index in [9.17, 15) is 8.42 Å². The predicted octanol–water partition coefficient (Wildman–Crippen LogP) is 1.91. The molecule has 0 spiro atoms. The summed E-state index contributed by atoms with van der Waals surface area (Å²) in [5.74, 6) is 1.42. The normalized spacial score (nSPS) is 20.3. The summed E-state index contributed by atoms with van der Waals surface area (Å²) < 4.78 is 30.0. The Morgan fingerprint density at radius 1 is 1.22 bits per heavy atom. The predicted molar refractivity (Wildman–Crippen MR) is 87.7 cm³/mol. The number of benzene rings is 1. The molecule has 0 saturated heterocycles. The average molecular weight is 331 g/mol. The van der Waals surface area contributed by atoms with Crippen LogP contribution in [0.25, 0.3) is 0 Å². The number of hydrogen-bond donors (Lipinski definition) is 1. The van der Waals surface area contributed by atoms with E-state index in [-0.39, 0.29) is 0 Å². The molecule has 4 rings (SSSR count). The molecule has 0 saturated carbocycles. The Morgan fingerprint density at radius 2 is 2.09 bits per heavy atom. The fourth-order valence-electron chi connectivity index (χ4n) is 3.63. The average Bonchev–Trinajstić information content (AvgIpc) is 3.20. The molecule has 2 aromatic rings. The Morgan fingerprint density at radius 3 is 3.00 bits per heavy atom. The van der Waals surface area contributed by atoms with Crippen LogP contribution in [0.2, 0.25) is 0 Å². The summed E-state index contributed by atoms with van der Waals surface area (Å²) in [7, 11) is -3.42. The zero-order valence-corrected chi connectivity index (χ0v) is 13.8. The number of nitrogens with one attached hydrogen (secondary N) is 1. The van der Waals surface area contributed by atoms with Crippen LogP contribution in [0.3, 0.4) is 0 Å². The lowest BCUT2D eigenvalue weighted by atomic mass is 10.00. The second kappa shape index (κ2) is 5.76. The summed E-state index contributed by atoms with van der Waals surface area (Å²) in [5.41, 5.74) is 2.48. The molecule has 122 valence electrons. The second-order valence-corrected chi connectivity index (χ2v) is 8.30. The van der Waals surface area contributed by atoms with Crippen molar-refractivity contribution in [1.82, 2.24) is 14.3 Å². The number of aryl methyl sites for hydroxylation is 3. The Hall–Kier alpha value is -1.66. The quantitative estimate of drug-likeness (QED) is 0.931. The topological polar surface area (TPSA) is 64.0 Å². The van der Waals surface area contributed by atoms with Gasteiger partial charge in [0, 0.05) is 31.9 Å². The lowest BCUT2D eigenvalue weighted by Gasteiger charge is -2.24. The van der Waals surface area contributed by atoms with Crippen molar-refractivity contribution in [3.8, 4) is 0 Å². The molecule has 1 aromatic carbocycles. The third-order valence-electron chi connectivity index (χ3n) is 4.98. The molecule has 0 amide bonds. The van der Waals surface area contributed by atoms with Crippen molar-refractivity contribution in [3.63, 3.8) is 0 Å². The van der Waals surface area contributed by atoms with Crippen molar-refractivity contribution in [3.05, 3.63) is 47.5 Å². The van der Waals surface area contributed by atoms with Crippen molar-refractivity contribution < 1.29 is 8.42 Å². The van der Waals surface area contributed by atoms with E-state index in [2.05, 4.69) is 14.3 Å². The standard InChI is InChI=1S/C17H21N3O2S/c21-23(22,16-6-5-14-2-1-3-15(14)10-16)19-11-13-4-7-17-18-8-9-20(17)12-13/h5-6,8-10,13,19H,1-4,7,11-12H2/t13-/m1/s1. The molecule has 0 radical (unpaired) electrons. The molecule has 0 unspecified atom stereocenters. The number of fused-ring (bicyclic) bond motifs is 2. The van der Waals surface area contributed by atoms with Gasteiger partial charge in [-0.05, 0) is 54.9 Å². The highest BCUT2D eigenvalue weighted by atomic mass is 32.2. The first-order valence-electron chi connectivity index (χ1n) is 8.23. The summed E-state index contributed by atoms with van der Waals surface area (Å²) in [6.45, 7) is 1.32. The van der Waals surface area contributed by atoms with Gasteiger partial charge in [-0.15, -0.1) is 0 Å². The van der Waals surface area contributed by atoms with Gasteiger partial charge in [0.15, 0.2) is 0 Å². The third kappa shape index (κ3) is 2.93. The van der Waals surface area contributed by atoms with Crippen molar-refractivity contribution >= 4 is 10.0 Å². The smallest absolute Gasteiger partial charge is 0.240 e. The summed E-state index contributed by atoms with van der Waals surface area (Å²) in [6, 6.07) is 5.55. The van der Waals surface area contributed by atoms with Gasteiger partial charge < -0.3 is 4.57 Å². The number of sulfonamides is 1. The van der Waals surface area contributed by atoms with E-state index in [0.717, 1.165) is 44.5 Å². The molecule has 1 atom stereocenters. The first kappa shape index (κ1) is 14.9. The van der Waals surface area contributed by atoms with E-state index in [1.165, 1.54) is 11.1 Å². The van der Waals surface area contributed by atoms with Gasteiger partial charge >= 0.3 is 0 Å². The molecule has 1 aliphatic carbocycles. The van der Waals surface area contributed by atoms with Crippen LogP contribution in [0.1, 0.15) is 29.8 Å². The van der Waals surface area contributed by atoms with Crippen molar-refractivity contribution in [2.24, 2.45) is 5.92 Å². The van der Waals surface area contributed by atoms with Gasteiger partial charge in [0.25, 0.3) is 0 Å². The molecule has 2 heterocycles. The van der Waals surface area contributed by atoms with Gasteiger partial charge in [-0.2, -0.15) is 0 Å². The minimum Gasteiger partial charge on any atom is -0.335 e. The third-order valence-corrected chi connectivity index (χ3v) is 6.40. The Bertz CT molecular complexity index is 826. The largest absolute Gasteiger partial charge is 0.335 e. The fourth-order valence-corrected chi connectivity index (χ4v) is 4.80. The van der Waals surface area contributed by atoms with Crippen LogP contribution in [0, 0.1) is 5.92 Å². The van der Waals surface area contributed by atoms with E-state index in [4.69, 9.17) is 0 Å². The van der Waals surface area contributed by atoms with E-state index in [0.29, 0.717) is 17.4 Å². The first-order valence-corrected chi connectivity index (χ1v) is 9.71. The van der Waals surface area contributed by atoms with Gasteiger partial charge in [-0.25, -0.2) is 18.1 Å². The highest BCUT2D eigenvalue weighted by Crippen LogP contribution is 2.25. The minimum atomic E-state index is -3.42. The highest BCUT2D eigenvalue weighted by Gasteiger charge is 2.23. The molecule has 2 aliphatic rings. The lowest BCUT2D eigenvalue weighted by Crippen LogP contribution is -2.33. The molecule has 5 nitrogen and oxygen atoms in total. The first-order chi connectivity index (χ1) is 11.1. The Balaban J connectivity index is 1.44. The summed E-state index contributed by atoms with van der Waals surface area (Å²) >= 11 is 0. The molecule has 0 bridgehead atoms. The Labute approximate surface area is 136 Å². The van der Waals surface area contributed by atoms with Crippen molar-refractivity contribution in [2.75, 3.05) is 6.54 Å². The molecular weight excluding hydrogens is 310 g/mol. The maximum atomic E-state index is 12.5. The van der Waals surface area contributed by atoms with Gasteiger partial charge in [0.2, 0.25) is 10.0 Å². The summed E-state index contributed by atoms with van der Waals surface area (Å²) in [4.78, 5) is 4.71. The molecule has 0 fully saturated rings. The fraction of sp³-hybridized carbons (Fsp3) is 0.471. The summed E-state index contributed by atoms with van der Waals surface area (Å²) in [5, 5.41) is 0. The molecule has 23 heavy (non-hydrogen) atoms. The minimum absolute atomic E-state index is 0.320. The number of aromatic nitrogens is 2. The number of nitrogens with zero attached hydrogens (tertiary/aromatic N) is 2. The number of rotatable bonds is 4. The maximum absolute atomic E-state index is 12.5. The van der Waals surface area contributed by atoms with Crippen LogP contribution in [0.15, 0.2) is 35.5 Å². The molecule has 1 aromatic heterocycles. The van der Waals surface area contributed by atoms with E-state index < -0.39 is 10.0 Å². The summed E-state index contributed by atoms with van der Waals surface area (Å²) in [6.07, 6.45) is 8.86. The van der Waals surface area contributed by atoms with Crippen LogP contribution in [-0.2, 0) is 35.8 Å². The lowest BCUT2D eigenvalue weighted by molar-refractivity contribution is 0.363. The number of hydrogen-bond acceptors (Lipinski definition) is 3. The maximum Gasteiger partial charge on any atom is 0.240 e. The molecular formula is C17H21N3O2S. The van der Waals surface area contributed by atoms with E-state index in [1.54, 1.807) is 6.07 Å². The molecule has 1 aliphatic heterocycles. The SMILES string of the molecule is O=S(=O)(NC[C@H]1CCc2nccn2C1)c1ccc2c(c1)CCC2. The van der Waals surface area contributed by atoms with Crippen LogP contribution >= 0.6 is 0 Å². The molecule has 1 N–H and O–H groups in total. The van der Waals surface area contributed by atoms with Gasteiger partial charge in [0.1, 0.15) is 5.82 Å². The Kier molecular flexibility index (Phi) is 3.73. The van der Waals surface area contributed by atoms with Crippen LogP contribution in [0.5, 0.6) is 0 Å². The van der Waals surface area contributed by atoms with Crippen molar-refractivity contribution in [1.29, 1.82) is 0 Å². The molecule has 6 heteroatoms. The van der Waals surface area contributed by atoms with E-state index in [1.807, 2.05) is 24.5 Å². The van der Waals surface area contributed by atoms with Crippen LogP contribution < -0.4 is 4.72 Å². The monoisotopic (exact) mass is 331 g/mol. The second-order valence-electron chi connectivity index (χ2n) is 6.54. The van der Waals surface area contributed by atoms with Crippen molar-refractivity contribution in [2.45, 2.75) is 43.5 Å². The number of imidazole rings is 1. The van der Waals surface area contributed by atoms with Gasteiger partial charge in [-0.3, -0.25) is 0 Å². The zero-order valence-electron chi connectivity index (χ0n) is 13.0. The highest BCUT2D eigenvalue weighted by molar-refractivity contribution is 7.89.